The van der Waals surface area contributed by atoms with Crippen LogP contribution in [0, 0.1) is 20.8 Å². The second kappa shape index (κ2) is 11.6. The number of benzene rings is 3. The van der Waals surface area contributed by atoms with Crippen molar-refractivity contribution in [2.75, 3.05) is 6.61 Å². The van der Waals surface area contributed by atoms with Crippen molar-refractivity contribution >= 4 is 21.8 Å². The van der Waals surface area contributed by atoms with Gasteiger partial charge in [-0.05, 0) is 67.6 Å². The summed E-state index contributed by atoms with van der Waals surface area (Å²) in [5, 5.41) is 6.74. The summed E-state index contributed by atoms with van der Waals surface area (Å²) in [6.07, 6.45) is 5.08. The molecule has 0 saturated heterocycles. The van der Waals surface area contributed by atoms with Crippen molar-refractivity contribution in [2.45, 2.75) is 41.0 Å². The Bertz CT molecular complexity index is 1360. The van der Waals surface area contributed by atoms with Crippen molar-refractivity contribution in [2.24, 2.45) is 14.1 Å². The molecule has 0 spiro atoms. The highest BCUT2D eigenvalue weighted by molar-refractivity contribution is 5.82. The molecule has 34 heavy (non-hydrogen) atoms. The molecule has 3 heterocycles. The van der Waals surface area contributed by atoms with Gasteiger partial charge in [0.1, 0.15) is 5.75 Å². The summed E-state index contributed by atoms with van der Waals surface area (Å²) in [5.41, 5.74) is 7.80. The van der Waals surface area contributed by atoms with Crippen LogP contribution in [0.25, 0.3) is 21.8 Å². The smallest absolute Gasteiger partial charge is 0.122 e. The van der Waals surface area contributed by atoms with E-state index in [1.165, 1.54) is 44.1 Å². The van der Waals surface area contributed by atoms with Crippen molar-refractivity contribution in [3.05, 3.63) is 95.3 Å². The maximum absolute atomic E-state index is 5.35. The number of rotatable bonds is 0. The first-order chi connectivity index (χ1) is 16.4. The van der Waals surface area contributed by atoms with Crippen molar-refractivity contribution in [1.29, 1.82) is 0 Å². The lowest BCUT2D eigenvalue weighted by Gasteiger charge is -1.97. The average Bonchev–Trinajstić information content (AvgIpc) is 3.56. The van der Waals surface area contributed by atoms with Crippen LogP contribution in [0.5, 0.6) is 5.75 Å². The first-order valence-corrected chi connectivity index (χ1v) is 12.0. The molecule has 0 amide bonds. The Hall–Kier alpha value is -3.53. The Labute approximate surface area is 203 Å². The third-order valence-corrected chi connectivity index (χ3v) is 5.90. The number of aryl methyl sites for hydroxylation is 5. The first kappa shape index (κ1) is 25.1. The highest BCUT2D eigenvalue weighted by Crippen LogP contribution is 2.25. The molecule has 4 nitrogen and oxygen atoms in total. The summed E-state index contributed by atoms with van der Waals surface area (Å²) < 4.78 is 9.38. The van der Waals surface area contributed by atoms with E-state index in [1.54, 1.807) is 0 Å². The molecule has 4 heteroatoms. The highest BCUT2D eigenvalue weighted by atomic mass is 16.5. The van der Waals surface area contributed by atoms with E-state index in [4.69, 9.17) is 4.74 Å². The molecule has 0 atom stereocenters. The number of hydrogen-bond acceptors (Lipinski definition) is 2. The quantitative estimate of drug-likeness (QED) is 0.245. The molecule has 1 aliphatic heterocycles. The van der Waals surface area contributed by atoms with Crippen LogP contribution in [-0.4, -0.2) is 21.0 Å². The number of aromatic nitrogens is 3. The fraction of sp³-hybridized carbons (Fsp3) is 0.300. The number of nitrogens with zero attached hydrogens (tertiary/aromatic N) is 3. The Morgan fingerprint density at radius 1 is 0.824 bits per heavy atom. The van der Waals surface area contributed by atoms with E-state index >= 15 is 0 Å². The molecule has 0 N–H and O–H groups in total. The summed E-state index contributed by atoms with van der Waals surface area (Å²) in [6.45, 7) is 11.2. The molecule has 1 aliphatic rings. The minimum Gasteiger partial charge on any atom is -0.493 e. The maximum Gasteiger partial charge on any atom is 0.122 e. The van der Waals surface area contributed by atoms with Gasteiger partial charge in [-0.2, -0.15) is 5.10 Å². The summed E-state index contributed by atoms with van der Waals surface area (Å²) >= 11 is 0. The molecule has 0 aliphatic carbocycles. The molecule has 0 unspecified atom stereocenters. The van der Waals surface area contributed by atoms with Gasteiger partial charge in [0.15, 0.2) is 0 Å². The Balaban J connectivity index is 0.000000138. The van der Waals surface area contributed by atoms with Gasteiger partial charge in [-0.3, -0.25) is 4.68 Å². The molecular weight excluding hydrogens is 418 g/mol. The van der Waals surface area contributed by atoms with Gasteiger partial charge in [-0.1, -0.05) is 55.3 Å². The molecule has 6 rings (SSSR count). The van der Waals surface area contributed by atoms with Crippen LogP contribution in [0.3, 0.4) is 0 Å². The van der Waals surface area contributed by atoms with Gasteiger partial charge in [0.05, 0.1) is 18.3 Å². The lowest BCUT2D eigenvalue weighted by Crippen LogP contribution is -1.87. The SMILES string of the molecule is CC.Cc1ccc2c(c1)CCO2.Cc1ccc2c(ccn2C)c1.Cc1cccc2c1cnn2C. The zero-order valence-corrected chi connectivity index (χ0v) is 21.6. The molecule has 3 aromatic carbocycles. The standard InChI is InChI=1S/C10H11N.C9H10N2.C9H10O.C2H6/c1-8-3-4-10-9(7-8)5-6-11(10)2;1-7-4-3-5-9-8(7)6-10-11(9)2;1-7-2-3-9-8(6-7)4-5-10-9;1-2/h3-7H,1-2H3;3-6H,1-2H3;2-3,6H,4-5H2,1H3;1-2H3. The molecule has 5 aromatic rings. The third kappa shape index (κ3) is 5.88. The highest BCUT2D eigenvalue weighted by Gasteiger charge is 2.10. The first-order valence-electron chi connectivity index (χ1n) is 12.0. The van der Waals surface area contributed by atoms with Crippen LogP contribution in [0.1, 0.15) is 36.1 Å². The zero-order chi connectivity index (χ0) is 24.7. The van der Waals surface area contributed by atoms with E-state index < -0.39 is 0 Å². The Morgan fingerprint density at radius 2 is 1.56 bits per heavy atom. The number of ether oxygens (including phenoxy) is 1. The largest absolute Gasteiger partial charge is 0.493 e. The van der Waals surface area contributed by atoms with Gasteiger partial charge >= 0.3 is 0 Å². The molecule has 0 radical (unpaired) electrons. The Kier molecular flexibility index (Phi) is 8.53. The fourth-order valence-corrected chi connectivity index (χ4v) is 4.04. The van der Waals surface area contributed by atoms with Crippen molar-refractivity contribution < 1.29 is 4.74 Å². The van der Waals surface area contributed by atoms with Crippen LogP contribution < -0.4 is 4.74 Å². The predicted molar refractivity (Wildman–Crippen MR) is 145 cm³/mol. The van der Waals surface area contributed by atoms with E-state index in [1.807, 2.05) is 31.8 Å². The van der Waals surface area contributed by atoms with Crippen LogP contribution in [0.2, 0.25) is 0 Å². The lowest BCUT2D eigenvalue weighted by atomic mass is 10.1. The predicted octanol–water partition coefficient (Wildman–Crippen LogP) is 7.32. The number of hydrogen-bond donors (Lipinski definition) is 0. The molecule has 2 aromatic heterocycles. The normalized spacial score (nSPS) is 11.4. The van der Waals surface area contributed by atoms with Crippen LogP contribution in [0.4, 0.5) is 0 Å². The van der Waals surface area contributed by atoms with E-state index in [2.05, 4.69) is 104 Å². The lowest BCUT2D eigenvalue weighted by molar-refractivity contribution is 0.357. The van der Waals surface area contributed by atoms with Crippen LogP contribution in [-0.2, 0) is 20.5 Å². The minimum absolute atomic E-state index is 0.860. The minimum atomic E-state index is 0.860. The van der Waals surface area contributed by atoms with Crippen molar-refractivity contribution in [3.63, 3.8) is 0 Å². The van der Waals surface area contributed by atoms with E-state index in [0.717, 1.165) is 18.8 Å². The molecule has 178 valence electrons. The van der Waals surface area contributed by atoms with E-state index in [9.17, 15) is 0 Å². The molecule has 0 bridgehead atoms. The third-order valence-electron chi connectivity index (χ3n) is 5.90. The second-order valence-corrected chi connectivity index (χ2v) is 8.47. The monoisotopic (exact) mass is 455 g/mol. The van der Waals surface area contributed by atoms with E-state index in [-0.39, 0.29) is 0 Å². The van der Waals surface area contributed by atoms with Gasteiger partial charge in [-0.25, -0.2) is 0 Å². The van der Waals surface area contributed by atoms with E-state index in [0.29, 0.717) is 0 Å². The average molecular weight is 456 g/mol. The van der Waals surface area contributed by atoms with Gasteiger partial charge in [0.25, 0.3) is 0 Å². The van der Waals surface area contributed by atoms with Crippen molar-refractivity contribution in [3.8, 4) is 5.75 Å². The second-order valence-electron chi connectivity index (χ2n) is 8.47. The van der Waals surface area contributed by atoms with Gasteiger partial charge < -0.3 is 9.30 Å². The summed E-state index contributed by atoms with van der Waals surface area (Å²) in [4.78, 5) is 0. The Morgan fingerprint density at radius 3 is 2.32 bits per heavy atom. The maximum atomic E-state index is 5.35. The van der Waals surface area contributed by atoms with Crippen LogP contribution >= 0.6 is 0 Å². The van der Waals surface area contributed by atoms with Gasteiger partial charge in [0, 0.05) is 37.6 Å². The molecule has 0 saturated carbocycles. The number of fused-ring (bicyclic) bond motifs is 3. The molecule has 0 fully saturated rings. The summed E-state index contributed by atoms with van der Waals surface area (Å²) in [6, 6.07) is 21.2. The summed E-state index contributed by atoms with van der Waals surface area (Å²) in [7, 11) is 4.03. The van der Waals surface area contributed by atoms with Gasteiger partial charge in [-0.15, -0.1) is 0 Å². The van der Waals surface area contributed by atoms with Crippen molar-refractivity contribution in [1.82, 2.24) is 14.3 Å². The zero-order valence-electron chi connectivity index (χ0n) is 21.6. The molecular formula is C30H37N3O. The topological polar surface area (TPSA) is 32.0 Å². The van der Waals surface area contributed by atoms with Crippen LogP contribution in [0.15, 0.2) is 73.1 Å². The fourth-order valence-electron chi connectivity index (χ4n) is 4.04. The van der Waals surface area contributed by atoms with Gasteiger partial charge in [0.2, 0.25) is 0 Å². The summed E-state index contributed by atoms with van der Waals surface area (Å²) in [5.74, 6) is 1.07.